The van der Waals surface area contributed by atoms with Gasteiger partial charge in [-0.1, -0.05) is 46.3 Å². The molecule has 2 amide bonds. The van der Waals surface area contributed by atoms with Gasteiger partial charge < -0.3 is 4.74 Å². The van der Waals surface area contributed by atoms with Crippen LogP contribution in [0.2, 0.25) is 0 Å². The normalized spacial score (nSPS) is 11.8. The highest BCUT2D eigenvalue weighted by molar-refractivity contribution is 9.10. The number of hydrogen-bond donors (Lipinski definition) is 2. The molecule has 0 aliphatic heterocycles. The molecule has 2 N–H and O–H groups in total. The van der Waals surface area contributed by atoms with Crippen LogP contribution in [-0.4, -0.2) is 17.9 Å². The third kappa shape index (κ3) is 5.46. The minimum Gasteiger partial charge on any atom is -0.481 e. The predicted molar refractivity (Wildman–Crippen MR) is 105 cm³/mol. The van der Waals surface area contributed by atoms with Crippen LogP contribution in [0.4, 0.5) is 0 Å². The largest absolute Gasteiger partial charge is 0.481 e. The minimum absolute atomic E-state index is 0.437. The second-order valence-corrected chi connectivity index (χ2v) is 6.65. The molecule has 0 heterocycles. The molecule has 0 aromatic heterocycles. The molecule has 2 aromatic carbocycles. The van der Waals surface area contributed by atoms with E-state index in [4.69, 9.17) is 4.74 Å². The average molecular weight is 417 g/mol. The third-order valence-electron chi connectivity index (χ3n) is 3.86. The molecule has 1 atom stereocenters. The van der Waals surface area contributed by atoms with Gasteiger partial charge in [0.2, 0.25) is 0 Å². The van der Waals surface area contributed by atoms with E-state index in [-0.39, 0.29) is 0 Å². The number of hydrogen-bond acceptors (Lipinski definition) is 3. The standard InChI is InChI=1S/C20H21BrN2O3/c1-13-7-6-10-18(14(13)2)26-15(3)20(25)23-22-19(24)12-11-16-8-4-5-9-17(16)21/h4-12,15H,1-3H3,(H,22,24)(H,23,25)/b12-11+/t15-/m0/s1. The van der Waals surface area contributed by atoms with E-state index < -0.39 is 17.9 Å². The van der Waals surface area contributed by atoms with Gasteiger partial charge in [0.15, 0.2) is 6.10 Å². The lowest BCUT2D eigenvalue weighted by Gasteiger charge is -2.17. The summed E-state index contributed by atoms with van der Waals surface area (Å²) in [5, 5.41) is 0. The van der Waals surface area contributed by atoms with Gasteiger partial charge in [-0.05, 0) is 55.7 Å². The van der Waals surface area contributed by atoms with E-state index in [9.17, 15) is 9.59 Å². The van der Waals surface area contributed by atoms with Gasteiger partial charge in [0.05, 0.1) is 0 Å². The van der Waals surface area contributed by atoms with Crippen LogP contribution >= 0.6 is 15.9 Å². The fourth-order valence-electron chi connectivity index (χ4n) is 2.14. The minimum atomic E-state index is -0.747. The quantitative estimate of drug-likeness (QED) is 0.576. The van der Waals surface area contributed by atoms with Crippen molar-refractivity contribution in [3.63, 3.8) is 0 Å². The zero-order valence-electron chi connectivity index (χ0n) is 14.9. The Morgan fingerprint density at radius 1 is 1.08 bits per heavy atom. The summed E-state index contributed by atoms with van der Waals surface area (Å²) in [5.41, 5.74) is 7.63. The number of hydrazine groups is 1. The molecule has 136 valence electrons. The molecular weight excluding hydrogens is 396 g/mol. The number of ether oxygens (including phenoxy) is 1. The van der Waals surface area contributed by atoms with Crippen LogP contribution in [0.3, 0.4) is 0 Å². The molecule has 6 heteroatoms. The fraction of sp³-hybridized carbons (Fsp3) is 0.200. The number of carbonyl (C=O) groups excluding carboxylic acids is 2. The summed E-state index contributed by atoms with van der Waals surface area (Å²) in [6.45, 7) is 5.54. The van der Waals surface area contributed by atoms with E-state index in [0.717, 1.165) is 21.2 Å². The molecule has 0 aliphatic carbocycles. The first-order valence-corrected chi connectivity index (χ1v) is 8.93. The van der Waals surface area contributed by atoms with Crippen LogP contribution in [0.15, 0.2) is 53.0 Å². The Morgan fingerprint density at radius 2 is 1.81 bits per heavy atom. The smallest absolute Gasteiger partial charge is 0.279 e. The van der Waals surface area contributed by atoms with Crippen LogP contribution in [0.1, 0.15) is 23.6 Å². The van der Waals surface area contributed by atoms with Crippen molar-refractivity contribution in [2.24, 2.45) is 0 Å². The Bertz CT molecular complexity index is 834. The molecule has 0 spiro atoms. The van der Waals surface area contributed by atoms with E-state index in [1.54, 1.807) is 13.0 Å². The van der Waals surface area contributed by atoms with E-state index in [2.05, 4.69) is 26.8 Å². The zero-order chi connectivity index (χ0) is 19.1. The zero-order valence-corrected chi connectivity index (χ0v) is 16.5. The molecule has 0 aliphatic rings. The van der Waals surface area contributed by atoms with Gasteiger partial charge in [-0.2, -0.15) is 0 Å². The predicted octanol–water partition coefficient (Wildman–Crippen LogP) is 3.69. The molecule has 5 nitrogen and oxygen atoms in total. The molecule has 0 unspecified atom stereocenters. The van der Waals surface area contributed by atoms with Crippen LogP contribution in [0, 0.1) is 13.8 Å². The Labute approximate surface area is 161 Å². The maximum atomic E-state index is 12.1. The summed E-state index contributed by atoms with van der Waals surface area (Å²) in [6, 6.07) is 13.2. The molecule has 0 fully saturated rings. The summed E-state index contributed by atoms with van der Waals surface area (Å²) < 4.78 is 6.56. The first-order chi connectivity index (χ1) is 12.4. The lowest BCUT2D eigenvalue weighted by atomic mass is 10.1. The van der Waals surface area contributed by atoms with Crippen molar-refractivity contribution >= 4 is 33.8 Å². The van der Waals surface area contributed by atoms with Crippen molar-refractivity contribution in [3.8, 4) is 5.75 Å². The number of nitrogens with one attached hydrogen (secondary N) is 2. The average Bonchev–Trinajstić information content (AvgIpc) is 2.62. The summed E-state index contributed by atoms with van der Waals surface area (Å²) in [6.07, 6.45) is 2.25. The topological polar surface area (TPSA) is 67.4 Å². The number of aryl methyl sites for hydroxylation is 1. The third-order valence-corrected chi connectivity index (χ3v) is 4.58. The van der Waals surface area contributed by atoms with E-state index in [1.807, 2.05) is 56.3 Å². The number of amides is 2. The molecule has 2 aromatic rings. The van der Waals surface area contributed by atoms with Crippen molar-refractivity contribution in [2.75, 3.05) is 0 Å². The molecule has 26 heavy (non-hydrogen) atoms. The van der Waals surface area contributed by atoms with Crippen LogP contribution in [0.5, 0.6) is 5.75 Å². The number of benzene rings is 2. The van der Waals surface area contributed by atoms with Gasteiger partial charge >= 0.3 is 0 Å². The Morgan fingerprint density at radius 3 is 2.54 bits per heavy atom. The van der Waals surface area contributed by atoms with Crippen molar-refractivity contribution in [1.29, 1.82) is 0 Å². The molecule has 2 rings (SSSR count). The highest BCUT2D eigenvalue weighted by Crippen LogP contribution is 2.21. The molecule has 0 bridgehead atoms. The monoisotopic (exact) mass is 416 g/mol. The summed E-state index contributed by atoms with van der Waals surface area (Å²) in [4.78, 5) is 23.9. The van der Waals surface area contributed by atoms with Gasteiger partial charge in [0.25, 0.3) is 11.8 Å². The Balaban J connectivity index is 1.86. The van der Waals surface area contributed by atoms with Crippen LogP contribution in [-0.2, 0) is 9.59 Å². The van der Waals surface area contributed by atoms with Gasteiger partial charge in [-0.15, -0.1) is 0 Å². The van der Waals surface area contributed by atoms with Crippen molar-refractivity contribution in [2.45, 2.75) is 26.9 Å². The van der Waals surface area contributed by atoms with Gasteiger partial charge in [0, 0.05) is 10.5 Å². The molecular formula is C20H21BrN2O3. The summed E-state index contributed by atoms with van der Waals surface area (Å²) >= 11 is 3.40. The SMILES string of the molecule is Cc1cccc(O[C@@H](C)C(=O)NNC(=O)/C=C/c2ccccc2Br)c1C. The lowest BCUT2D eigenvalue weighted by Crippen LogP contribution is -2.46. The summed E-state index contributed by atoms with van der Waals surface area (Å²) in [5.74, 6) is -0.227. The van der Waals surface area contributed by atoms with Crippen molar-refractivity contribution < 1.29 is 14.3 Å². The first kappa shape index (κ1) is 19.7. The summed E-state index contributed by atoms with van der Waals surface area (Å²) in [7, 11) is 0. The number of carbonyl (C=O) groups is 2. The van der Waals surface area contributed by atoms with E-state index >= 15 is 0 Å². The first-order valence-electron chi connectivity index (χ1n) is 8.14. The van der Waals surface area contributed by atoms with Crippen molar-refractivity contribution in [3.05, 3.63) is 69.7 Å². The number of halogens is 1. The maximum absolute atomic E-state index is 12.1. The van der Waals surface area contributed by atoms with Crippen LogP contribution in [0.25, 0.3) is 6.08 Å². The molecule has 0 saturated carbocycles. The van der Waals surface area contributed by atoms with Gasteiger partial charge in [-0.3, -0.25) is 20.4 Å². The Kier molecular flexibility index (Phi) is 6.97. The van der Waals surface area contributed by atoms with E-state index in [0.29, 0.717) is 5.75 Å². The highest BCUT2D eigenvalue weighted by atomic mass is 79.9. The second-order valence-electron chi connectivity index (χ2n) is 5.79. The fourth-order valence-corrected chi connectivity index (χ4v) is 2.55. The highest BCUT2D eigenvalue weighted by Gasteiger charge is 2.16. The molecule has 0 radical (unpaired) electrons. The number of rotatable bonds is 5. The van der Waals surface area contributed by atoms with Gasteiger partial charge in [-0.25, -0.2) is 0 Å². The van der Waals surface area contributed by atoms with Crippen LogP contribution < -0.4 is 15.6 Å². The second kappa shape index (κ2) is 9.20. The van der Waals surface area contributed by atoms with E-state index in [1.165, 1.54) is 6.08 Å². The van der Waals surface area contributed by atoms with Crippen molar-refractivity contribution in [1.82, 2.24) is 10.9 Å². The van der Waals surface area contributed by atoms with Gasteiger partial charge in [0.1, 0.15) is 5.75 Å². The lowest BCUT2D eigenvalue weighted by molar-refractivity contribution is -0.131. The maximum Gasteiger partial charge on any atom is 0.279 e. The Hall–Kier alpha value is -2.60. The molecule has 0 saturated heterocycles.